The maximum Gasteiger partial charge on any atom is 0.140 e. The van der Waals surface area contributed by atoms with Crippen molar-refractivity contribution in [3.8, 4) is 0 Å². The Morgan fingerprint density at radius 1 is 1.40 bits per heavy atom. The lowest BCUT2D eigenvalue weighted by molar-refractivity contribution is 0.536. The molecule has 0 spiro atoms. The van der Waals surface area contributed by atoms with E-state index >= 15 is 0 Å². The fraction of sp³-hybridized carbons (Fsp3) is 0.111. The molecule has 1 heterocycles. The Balaban J connectivity index is 2.52. The van der Waals surface area contributed by atoms with Gasteiger partial charge < -0.3 is 4.55 Å². The summed E-state index contributed by atoms with van der Waals surface area (Å²) in [6.07, 6.45) is 1.35. The Morgan fingerprint density at radius 3 is 2.93 bits per heavy atom. The Hall–Kier alpha value is -1.04. The van der Waals surface area contributed by atoms with Gasteiger partial charge in [-0.15, -0.1) is 0 Å². The predicted molar refractivity (Wildman–Crippen MR) is 57.2 cm³/mol. The van der Waals surface area contributed by atoms with Gasteiger partial charge in [0, 0.05) is 11.1 Å². The second-order valence-electron chi connectivity index (χ2n) is 2.96. The van der Waals surface area contributed by atoms with Crippen molar-refractivity contribution in [2.45, 2.75) is 5.75 Å². The van der Waals surface area contributed by atoms with Crippen molar-refractivity contribution in [1.82, 2.24) is 9.97 Å². The Labute approximate surface area is 93.6 Å². The van der Waals surface area contributed by atoms with Crippen LogP contribution in [0, 0.1) is 0 Å². The molecule has 0 bridgehead atoms. The zero-order valence-corrected chi connectivity index (χ0v) is 9.09. The van der Waals surface area contributed by atoms with Crippen molar-refractivity contribution in [2.75, 3.05) is 0 Å². The van der Waals surface area contributed by atoms with Crippen LogP contribution in [0.2, 0.25) is 5.15 Å². The van der Waals surface area contributed by atoms with Crippen LogP contribution in [0.15, 0.2) is 24.5 Å². The van der Waals surface area contributed by atoms with Gasteiger partial charge in [-0.25, -0.2) is 9.97 Å². The first kappa shape index (κ1) is 10.5. The summed E-state index contributed by atoms with van der Waals surface area (Å²) in [5.41, 5.74) is 1.34. The maximum absolute atomic E-state index is 10.5. The molecule has 0 fully saturated rings. The zero-order valence-electron chi connectivity index (χ0n) is 7.51. The molecule has 0 N–H and O–H groups in total. The number of hydrogen-bond donors (Lipinski definition) is 0. The summed E-state index contributed by atoms with van der Waals surface area (Å²) in [6, 6.07) is 5.12. The summed E-state index contributed by atoms with van der Waals surface area (Å²) in [5, 5.41) is 1.09. The van der Waals surface area contributed by atoms with E-state index in [1.54, 1.807) is 18.2 Å². The summed E-state index contributed by atoms with van der Waals surface area (Å²) >= 11 is 3.75. The quantitative estimate of drug-likeness (QED) is 0.593. The minimum absolute atomic E-state index is 0.0163. The van der Waals surface area contributed by atoms with Crippen molar-refractivity contribution in [2.24, 2.45) is 0 Å². The van der Waals surface area contributed by atoms with E-state index in [1.165, 1.54) is 6.33 Å². The summed E-state index contributed by atoms with van der Waals surface area (Å²) in [5.74, 6) is -0.0163. The molecule has 1 aromatic carbocycles. The lowest BCUT2D eigenvalue weighted by Gasteiger charge is -2.06. The largest absolute Gasteiger partial charge is 0.772 e. The zero-order chi connectivity index (χ0) is 10.8. The van der Waals surface area contributed by atoms with Gasteiger partial charge in [0.25, 0.3) is 0 Å². The first-order valence-electron chi connectivity index (χ1n) is 4.12. The predicted octanol–water partition coefficient (Wildman–Crippen LogP) is 1.66. The van der Waals surface area contributed by atoms with Gasteiger partial charge in [0.2, 0.25) is 0 Å². The number of aromatic nitrogens is 2. The van der Waals surface area contributed by atoms with E-state index in [4.69, 9.17) is 11.6 Å². The molecule has 0 aliphatic carbocycles. The van der Waals surface area contributed by atoms with E-state index in [9.17, 15) is 8.76 Å². The summed E-state index contributed by atoms with van der Waals surface area (Å²) in [4.78, 5) is 7.84. The maximum atomic E-state index is 10.5. The van der Waals surface area contributed by atoms with Crippen LogP contribution in [0.4, 0.5) is 0 Å². The van der Waals surface area contributed by atoms with Crippen LogP contribution in [0.3, 0.4) is 0 Å². The number of nitrogens with zero attached hydrogens (tertiary/aromatic N) is 2. The van der Waals surface area contributed by atoms with Gasteiger partial charge in [-0.3, -0.25) is 4.21 Å². The normalized spacial score (nSPS) is 12.9. The number of rotatable bonds is 2. The minimum atomic E-state index is -2.09. The minimum Gasteiger partial charge on any atom is -0.772 e. The first-order chi connectivity index (χ1) is 7.16. The molecule has 1 unspecified atom stereocenters. The number of hydrogen-bond acceptors (Lipinski definition) is 4. The van der Waals surface area contributed by atoms with Crippen molar-refractivity contribution in [1.29, 1.82) is 0 Å². The van der Waals surface area contributed by atoms with Crippen LogP contribution in [-0.4, -0.2) is 18.7 Å². The second-order valence-corrected chi connectivity index (χ2v) is 4.22. The number of halogens is 1. The molecule has 1 aromatic heterocycles. The van der Waals surface area contributed by atoms with Crippen molar-refractivity contribution in [3.05, 3.63) is 35.2 Å². The van der Waals surface area contributed by atoms with Crippen LogP contribution in [0.25, 0.3) is 10.9 Å². The SMILES string of the molecule is O=S([O-])Cc1ccc2c(Cl)ncnc2c1. The Morgan fingerprint density at radius 2 is 2.20 bits per heavy atom. The monoisotopic (exact) mass is 241 g/mol. The molecule has 1 atom stereocenters. The van der Waals surface area contributed by atoms with E-state index in [0.29, 0.717) is 16.2 Å². The van der Waals surface area contributed by atoms with Gasteiger partial charge in [0.05, 0.1) is 5.52 Å². The third-order valence-corrected chi connectivity index (χ3v) is 2.81. The summed E-state index contributed by atoms with van der Waals surface area (Å²) < 4.78 is 21.0. The van der Waals surface area contributed by atoms with Crippen molar-refractivity contribution < 1.29 is 8.76 Å². The van der Waals surface area contributed by atoms with Crippen LogP contribution in [0.1, 0.15) is 5.56 Å². The molecule has 2 rings (SSSR count). The standard InChI is InChI=1S/C9H7ClN2O2S/c10-9-7-2-1-6(4-15(13)14)3-8(7)11-5-12-9/h1-3,5H,4H2,(H,13,14)/p-1. The van der Waals surface area contributed by atoms with Crippen LogP contribution >= 0.6 is 11.6 Å². The first-order valence-corrected chi connectivity index (χ1v) is 5.74. The lowest BCUT2D eigenvalue weighted by Crippen LogP contribution is -1.94. The smallest absolute Gasteiger partial charge is 0.140 e. The van der Waals surface area contributed by atoms with E-state index in [0.717, 1.165) is 5.39 Å². The van der Waals surface area contributed by atoms with E-state index in [1.807, 2.05) is 0 Å². The highest BCUT2D eigenvalue weighted by atomic mass is 35.5. The fourth-order valence-electron chi connectivity index (χ4n) is 1.30. The average molecular weight is 242 g/mol. The van der Waals surface area contributed by atoms with Crippen LogP contribution in [-0.2, 0) is 16.8 Å². The topological polar surface area (TPSA) is 65.9 Å². The van der Waals surface area contributed by atoms with E-state index in [-0.39, 0.29) is 5.75 Å². The van der Waals surface area contributed by atoms with Gasteiger partial charge >= 0.3 is 0 Å². The van der Waals surface area contributed by atoms with Gasteiger partial charge in [-0.05, 0) is 17.7 Å². The molecule has 0 radical (unpaired) electrons. The molecule has 0 saturated carbocycles. The fourth-order valence-corrected chi connectivity index (χ4v) is 1.95. The third kappa shape index (κ3) is 2.31. The molecule has 78 valence electrons. The number of benzene rings is 1. The second kappa shape index (κ2) is 4.22. The van der Waals surface area contributed by atoms with Crippen molar-refractivity contribution in [3.63, 3.8) is 0 Å². The Bertz CT molecular complexity index is 533. The van der Waals surface area contributed by atoms with Gasteiger partial charge in [0.15, 0.2) is 0 Å². The molecule has 0 aliphatic heterocycles. The molecular weight excluding hydrogens is 236 g/mol. The van der Waals surface area contributed by atoms with Crippen molar-refractivity contribution >= 4 is 33.6 Å². The van der Waals surface area contributed by atoms with Gasteiger partial charge in [-0.2, -0.15) is 0 Å². The molecule has 6 heteroatoms. The highest BCUT2D eigenvalue weighted by Crippen LogP contribution is 2.20. The van der Waals surface area contributed by atoms with E-state index in [2.05, 4.69) is 9.97 Å². The number of fused-ring (bicyclic) bond motifs is 1. The van der Waals surface area contributed by atoms with Crippen LogP contribution in [0.5, 0.6) is 0 Å². The Kier molecular flexibility index (Phi) is 2.95. The van der Waals surface area contributed by atoms with Crippen LogP contribution < -0.4 is 0 Å². The lowest BCUT2D eigenvalue weighted by atomic mass is 10.2. The molecular formula is C9H6ClN2O2S-. The van der Waals surface area contributed by atoms with Gasteiger partial charge in [0.1, 0.15) is 11.5 Å². The molecule has 0 saturated heterocycles. The summed E-state index contributed by atoms with van der Waals surface area (Å²) in [7, 11) is 0. The molecule has 15 heavy (non-hydrogen) atoms. The molecule has 2 aromatic rings. The third-order valence-electron chi connectivity index (χ3n) is 1.94. The molecule has 4 nitrogen and oxygen atoms in total. The van der Waals surface area contributed by atoms with Gasteiger partial charge in [-0.1, -0.05) is 28.7 Å². The van der Waals surface area contributed by atoms with E-state index < -0.39 is 11.1 Å². The highest BCUT2D eigenvalue weighted by Gasteiger charge is 2.02. The molecule has 0 aliphatic rings. The summed E-state index contributed by atoms with van der Waals surface area (Å²) in [6.45, 7) is 0. The average Bonchev–Trinajstić information content (AvgIpc) is 2.17. The molecule has 0 amide bonds. The highest BCUT2D eigenvalue weighted by molar-refractivity contribution is 7.78.